The number of hydrogen-bond acceptors (Lipinski definition) is 5. The summed E-state index contributed by atoms with van der Waals surface area (Å²) in [5, 5.41) is 7.15. The predicted octanol–water partition coefficient (Wildman–Crippen LogP) is 2.68. The summed E-state index contributed by atoms with van der Waals surface area (Å²) < 4.78 is 5.76. The van der Waals surface area contributed by atoms with Gasteiger partial charge >= 0.3 is 12.0 Å². The van der Waals surface area contributed by atoms with Gasteiger partial charge in [-0.15, -0.1) is 0 Å². The topological polar surface area (TPSA) is 81.1 Å². The Labute approximate surface area is 166 Å². The van der Waals surface area contributed by atoms with E-state index in [-0.39, 0.29) is 11.8 Å². The Balaban J connectivity index is 1.52. The molecule has 0 saturated heterocycles. The SMILES string of the molecule is O=C1CCCC2=C1[C@H](c1ccc(Cl)cc1)[NH+]=C(Nc1nc3ccccc3o1)N2. The lowest BCUT2D eigenvalue weighted by molar-refractivity contribution is -0.501. The highest BCUT2D eigenvalue weighted by Gasteiger charge is 2.36. The number of ketones is 1. The van der Waals surface area contributed by atoms with Crippen LogP contribution < -0.4 is 15.6 Å². The maximum absolute atomic E-state index is 12.6. The molecule has 2 aliphatic rings. The predicted molar refractivity (Wildman–Crippen MR) is 107 cm³/mol. The molecule has 0 amide bonds. The van der Waals surface area contributed by atoms with Crippen molar-refractivity contribution in [3.63, 3.8) is 0 Å². The van der Waals surface area contributed by atoms with E-state index >= 15 is 0 Å². The lowest BCUT2D eigenvalue weighted by Crippen LogP contribution is -2.82. The standard InChI is InChI=1S/C21H17ClN4O2/c22-13-10-8-12(9-11-13)19-18-15(5-3-6-16(18)27)23-20(25-19)26-21-24-14-4-1-2-7-17(14)28-21/h1-2,4,7-11,19H,3,5-6H2,(H2,23,24,25,26)/p+1/t19-/m0/s1. The molecule has 0 bridgehead atoms. The number of carbonyl (C=O) groups excluding carboxylic acids is 1. The molecule has 6 nitrogen and oxygen atoms in total. The summed E-state index contributed by atoms with van der Waals surface area (Å²) in [7, 11) is 0. The number of guanidine groups is 1. The number of anilines is 1. The van der Waals surface area contributed by atoms with E-state index in [1.807, 2.05) is 48.5 Å². The average Bonchev–Trinajstić information content (AvgIpc) is 3.10. The van der Waals surface area contributed by atoms with Crippen LogP contribution in [0.4, 0.5) is 6.01 Å². The van der Waals surface area contributed by atoms with Gasteiger partial charge in [0.1, 0.15) is 11.6 Å². The zero-order valence-corrected chi connectivity index (χ0v) is 15.7. The lowest BCUT2D eigenvalue weighted by Gasteiger charge is -2.26. The molecule has 0 radical (unpaired) electrons. The number of hydrogen-bond donors (Lipinski definition) is 3. The van der Waals surface area contributed by atoms with Crippen molar-refractivity contribution in [2.24, 2.45) is 0 Å². The molecule has 0 spiro atoms. The van der Waals surface area contributed by atoms with Gasteiger partial charge in [0.15, 0.2) is 11.4 Å². The van der Waals surface area contributed by atoms with Gasteiger partial charge in [-0.25, -0.2) is 5.32 Å². The third kappa shape index (κ3) is 3.05. The lowest BCUT2D eigenvalue weighted by atomic mass is 9.86. The van der Waals surface area contributed by atoms with Gasteiger partial charge in [0, 0.05) is 17.9 Å². The molecule has 5 rings (SSSR count). The van der Waals surface area contributed by atoms with Crippen LogP contribution in [0.3, 0.4) is 0 Å². The Morgan fingerprint density at radius 3 is 2.79 bits per heavy atom. The molecule has 140 valence electrons. The summed E-state index contributed by atoms with van der Waals surface area (Å²) in [4.78, 5) is 20.5. The van der Waals surface area contributed by atoms with Crippen molar-refractivity contribution in [1.82, 2.24) is 10.3 Å². The number of allylic oxidation sites excluding steroid dienone is 1. The number of Topliss-reactive ketones (excluding diaryl/α,β-unsaturated/α-hetero) is 1. The highest BCUT2D eigenvalue weighted by atomic mass is 35.5. The van der Waals surface area contributed by atoms with Crippen molar-refractivity contribution in [2.45, 2.75) is 25.3 Å². The number of aromatic nitrogens is 1. The van der Waals surface area contributed by atoms with E-state index in [1.54, 1.807) is 0 Å². The second-order valence-corrected chi connectivity index (χ2v) is 7.35. The third-order valence-electron chi connectivity index (χ3n) is 5.04. The maximum atomic E-state index is 12.6. The molecule has 1 aromatic heterocycles. The number of benzene rings is 2. The summed E-state index contributed by atoms with van der Waals surface area (Å²) >= 11 is 6.04. The molecular formula is C21H18ClN4O2+. The number of halogens is 1. The van der Waals surface area contributed by atoms with Crippen LogP contribution >= 0.6 is 11.6 Å². The van der Waals surface area contributed by atoms with E-state index in [1.165, 1.54) is 0 Å². The first-order chi connectivity index (χ1) is 13.7. The normalized spacial score (nSPS) is 19.2. The van der Waals surface area contributed by atoms with Crippen molar-refractivity contribution in [2.75, 3.05) is 5.32 Å². The number of nitrogens with zero attached hydrogens (tertiary/aromatic N) is 1. The van der Waals surface area contributed by atoms with Crippen LogP contribution in [0.5, 0.6) is 0 Å². The molecule has 0 fully saturated rings. The van der Waals surface area contributed by atoms with Crippen LogP contribution in [-0.2, 0) is 4.79 Å². The summed E-state index contributed by atoms with van der Waals surface area (Å²) in [5.74, 6) is 0.807. The average molecular weight is 394 g/mol. The van der Waals surface area contributed by atoms with E-state index < -0.39 is 0 Å². The Kier molecular flexibility index (Phi) is 4.13. The number of fused-ring (bicyclic) bond motifs is 1. The van der Waals surface area contributed by atoms with Crippen LogP contribution in [0.2, 0.25) is 5.02 Å². The summed E-state index contributed by atoms with van der Waals surface area (Å²) in [6.07, 6.45) is 2.24. The fourth-order valence-corrected chi connectivity index (χ4v) is 3.86. The largest absolute Gasteiger partial charge is 0.412 e. The fraction of sp³-hybridized carbons (Fsp3) is 0.190. The van der Waals surface area contributed by atoms with Crippen molar-refractivity contribution in [1.29, 1.82) is 0 Å². The summed E-state index contributed by atoms with van der Waals surface area (Å²) in [6, 6.07) is 15.3. The smallest absolute Gasteiger partial charge is 0.365 e. The van der Waals surface area contributed by atoms with Gasteiger partial charge < -0.3 is 4.42 Å². The zero-order valence-electron chi connectivity index (χ0n) is 15.0. The van der Waals surface area contributed by atoms with E-state index in [0.717, 1.165) is 35.2 Å². The second-order valence-electron chi connectivity index (χ2n) is 6.91. The Morgan fingerprint density at radius 1 is 1.14 bits per heavy atom. The molecule has 28 heavy (non-hydrogen) atoms. The first kappa shape index (κ1) is 17.0. The minimum atomic E-state index is -0.256. The molecular weight excluding hydrogens is 376 g/mol. The Hall–Kier alpha value is -3.12. The number of carbonyl (C=O) groups is 1. The minimum absolute atomic E-state index is 0.169. The molecule has 3 N–H and O–H groups in total. The third-order valence-corrected chi connectivity index (χ3v) is 5.29. The van der Waals surface area contributed by atoms with Crippen molar-refractivity contribution >= 4 is 40.5 Å². The van der Waals surface area contributed by atoms with Crippen molar-refractivity contribution in [3.8, 4) is 0 Å². The van der Waals surface area contributed by atoms with E-state index in [9.17, 15) is 4.79 Å². The molecule has 7 heteroatoms. The molecule has 1 aliphatic heterocycles. The van der Waals surface area contributed by atoms with Gasteiger partial charge in [0.25, 0.3) is 0 Å². The molecule has 1 atom stereocenters. The van der Waals surface area contributed by atoms with Crippen LogP contribution in [0.15, 0.2) is 64.2 Å². The van der Waals surface area contributed by atoms with Gasteiger partial charge in [-0.3, -0.25) is 9.79 Å². The van der Waals surface area contributed by atoms with Crippen LogP contribution in [-0.4, -0.2) is 16.7 Å². The van der Waals surface area contributed by atoms with Crippen molar-refractivity contribution in [3.05, 3.63) is 70.4 Å². The second kappa shape index (κ2) is 6.80. The molecule has 0 unspecified atom stereocenters. The first-order valence-electron chi connectivity index (χ1n) is 9.22. The van der Waals surface area contributed by atoms with E-state index in [4.69, 9.17) is 16.0 Å². The van der Waals surface area contributed by atoms with Crippen LogP contribution in [0, 0.1) is 0 Å². The summed E-state index contributed by atoms with van der Waals surface area (Å²) in [6.45, 7) is 0. The first-order valence-corrected chi connectivity index (χ1v) is 9.60. The maximum Gasteiger partial charge on any atom is 0.365 e. The monoisotopic (exact) mass is 393 g/mol. The number of oxazole rings is 1. The highest BCUT2D eigenvalue weighted by Crippen LogP contribution is 2.30. The zero-order chi connectivity index (χ0) is 19.1. The van der Waals surface area contributed by atoms with Gasteiger partial charge in [-0.1, -0.05) is 35.9 Å². The van der Waals surface area contributed by atoms with Gasteiger partial charge in [-0.2, -0.15) is 10.3 Å². The van der Waals surface area contributed by atoms with Crippen LogP contribution in [0.1, 0.15) is 30.9 Å². The summed E-state index contributed by atoms with van der Waals surface area (Å²) in [5.41, 5.74) is 4.20. The Bertz CT molecular complexity index is 1100. The fourth-order valence-electron chi connectivity index (χ4n) is 3.74. The Morgan fingerprint density at radius 2 is 1.96 bits per heavy atom. The van der Waals surface area contributed by atoms with Crippen molar-refractivity contribution < 1.29 is 14.2 Å². The van der Waals surface area contributed by atoms with Crippen LogP contribution in [0.25, 0.3) is 11.1 Å². The van der Waals surface area contributed by atoms with E-state index in [2.05, 4.69) is 20.6 Å². The van der Waals surface area contributed by atoms with E-state index in [0.29, 0.717) is 29.0 Å². The number of nitrogens with one attached hydrogen (secondary N) is 3. The van der Waals surface area contributed by atoms with Gasteiger partial charge in [0.05, 0.1) is 11.3 Å². The minimum Gasteiger partial charge on any atom is -0.412 e. The van der Waals surface area contributed by atoms with Gasteiger partial charge in [-0.05, 0) is 36.2 Å². The molecule has 2 aromatic carbocycles. The van der Waals surface area contributed by atoms with Gasteiger partial charge in [0.2, 0.25) is 0 Å². The highest BCUT2D eigenvalue weighted by molar-refractivity contribution is 6.30. The number of rotatable bonds is 2. The number of para-hydroxylation sites is 2. The molecule has 2 heterocycles. The molecule has 3 aromatic rings. The molecule has 1 aliphatic carbocycles. The molecule has 0 saturated carbocycles. The quantitative estimate of drug-likeness (QED) is 0.623.